The molecule has 0 aromatic heterocycles. The molecule has 2 N–H and O–H groups in total. The highest BCUT2D eigenvalue weighted by Crippen LogP contribution is 2.18. The molecule has 3 rings (SSSR count). The van der Waals surface area contributed by atoms with E-state index >= 15 is 0 Å². The van der Waals surface area contributed by atoms with Gasteiger partial charge in [-0.2, -0.15) is 0 Å². The summed E-state index contributed by atoms with van der Waals surface area (Å²) in [5, 5.41) is 9.85. The number of hydrogen-bond acceptors (Lipinski definition) is 2. The number of hydrogen-bond donors (Lipinski definition) is 2. The lowest BCUT2D eigenvalue weighted by Gasteiger charge is -2.23. The number of rotatable bonds is 5. The molecule has 0 aliphatic carbocycles. The van der Waals surface area contributed by atoms with Crippen molar-refractivity contribution in [1.29, 1.82) is 0 Å². The summed E-state index contributed by atoms with van der Waals surface area (Å²) in [7, 11) is 0. The maximum absolute atomic E-state index is 3.63. The Labute approximate surface area is 121 Å². The molecule has 20 heavy (non-hydrogen) atoms. The summed E-state index contributed by atoms with van der Waals surface area (Å²) in [6.07, 6.45) is 3.81. The fourth-order valence-corrected chi connectivity index (χ4v) is 3.14. The molecule has 1 unspecified atom stereocenters. The van der Waals surface area contributed by atoms with E-state index in [4.69, 9.17) is 0 Å². The molecule has 0 spiro atoms. The maximum atomic E-state index is 3.63. The number of benzene rings is 2. The average molecular weight is 268 g/mol. The van der Waals surface area contributed by atoms with Crippen LogP contribution in [0.25, 0.3) is 10.8 Å². The third-order valence-electron chi connectivity index (χ3n) is 4.28. The van der Waals surface area contributed by atoms with Crippen molar-refractivity contribution < 1.29 is 0 Å². The van der Waals surface area contributed by atoms with Gasteiger partial charge < -0.3 is 10.6 Å². The highest BCUT2D eigenvalue weighted by molar-refractivity contribution is 5.85. The molecule has 0 bridgehead atoms. The van der Waals surface area contributed by atoms with Crippen LogP contribution in [-0.2, 0) is 6.42 Å². The van der Waals surface area contributed by atoms with E-state index in [1.54, 1.807) is 0 Å². The maximum Gasteiger partial charge on any atom is -0.000800 e. The van der Waals surface area contributed by atoms with E-state index in [9.17, 15) is 0 Å². The predicted octanol–water partition coefficient (Wildman–Crippen LogP) is 2.97. The molecule has 1 aliphatic rings. The van der Waals surface area contributed by atoms with Crippen molar-refractivity contribution in [2.45, 2.75) is 19.3 Å². The topological polar surface area (TPSA) is 24.1 Å². The second-order valence-corrected chi connectivity index (χ2v) is 5.80. The fourth-order valence-electron chi connectivity index (χ4n) is 3.14. The lowest BCUT2D eigenvalue weighted by molar-refractivity contribution is 0.361. The van der Waals surface area contributed by atoms with Crippen LogP contribution in [0.4, 0.5) is 0 Å². The third kappa shape index (κ3) is 3.38. The third-order valence-corrected chi connectivity index (χ3v) is 4.28. The lowest BCUT2D eigenvalue weighted by Crippen LogP contribution is -2.36. The smallest absolute Gasteiger partial charge is 0.000800 e. The standard InChI is InChI=1S/C18H24N2/c1-2-9-18-16(6-1)7-3-8-17(18)10-12-20-14-15-5-4-11-19-13-15/h1-3,6-9,15,19-20H,4-5,10-14H2. The quantitative estimate of drug-likeness (QED) is 0.815. The van der Waals surface area contributed by atoms with Gasteiger partial charge in [-0.25, -0.2) is 0 Å². The molecule has 1 atom stereocenters. The second kappa shape index (κ2) is 6.87. The molecule has 0 amide bonds. The van der Waals surface area contributed by atoms with Crippen LogP contribution >= 0.6 is 0 Å². The zero-order valence-corrected chi connectivity index (χ0v) is 12.1. The van der Waals surface area contributed by atoms with Crippen molar-refractivity contribution in [2.24, 2.45) is 5.92 Å². The first-order chi connectivity index (χ1) is 9.93. The van der Waals surface area contributed by atoms with Crippen LogP contribution in [0.1, 0.15) is 18.4 Å². The predicted molar refractivity (Wildman–Crippen MR) is 86.1 cm³/mol. The van der Waals surface area contributed by atoms with Crippen molar-refractivity contribution in [2.75, 3.05) is 26.2 Å². The highest BCUT2D eigenvalue weighted by Gasteiger charge is 2.11. The molecule has 1 fully saturated rings. The molecule has 2 nitrogen and oxygen atoms in total. The summed E-state index contributed by atoms with van der Waals surface area (Å²) < 4.78 is 0. The Kier molecular flexibility index (Phi) is 4.67. The van der Waals surface area contributed by atoms with Crippen LogP contribution in [0.15, 0.2) is 42.5 Å². The SMILES string of the molecule is c1ccc2c(CCNCC3CCCNC3)cccc2c1. The van der Waals surface area contributed by atoms with Crippen LogP contribution in [0.2, 0.25) is 0 Å². The summed E-state index contributed by atoms with van der Waals surface area (Å²) in [5.41, 5.74) is 1.46. The molecule has 1 saturated heterocycles. The van der Waals surface area contributed by atoms with Gasteiger partial charge in [0.1, 0.15) is 0 Å². The molecule has 1 heterocycles. The minimum absolute atomic E-state index is 0.816. The lowest BCUT2D eigenvalue weighted by atomic mass is 9.99. The van der Waals surface area contributed by atoms with Crippen molar-refractivity contribution in [1.82, 2.24) is 10.6 Å². The van der Waals surface area contributed by atoms with Gasteiger partial charge in [0, 0.05) is 0 Å². The van der Waals surface area contributed by atoms with Crippen LogP contribution in [0, 0.1) is 5.92 Å². The molecule has 1 aliphatic heterocycles. The summed E-state index contributed by atoms with van der Waals surface area (Å²) in [5.74, 6) is 0.816. The van der Waals surface area contributed by atoms with E-state index in [0.29, 0.717) is 0 Å². The van der Waals surface area contributed by atoms with Gasteiger partial charge in [0.15, 0.2) is 0 Å². The van der Waals surface area contributed by atoms with Gasteiger partial charge in [0.25, 0.3) is 0 Å². The number of piperidine rings is 1. The monoisotopic (exact) mass is 268 g/mol. The van der Waals surface area contributed by atoms with Gasteiger partial charge >= 0.3 is 0 Å². The first-order valence-corrected chi connectivity index (χ1v) is 7.81. The summed E-state index contributed by atoms with van der Waals surface area (Å²) in [4.78, 5) is 0. The average Bonchev–Trinajstić information content (AvgIpc) is 2.53. The molecule has 106 valence electrons. The van der Waals surface area contributed by atoms with Crippen molar-refractivity contribution in [3.05, 3.63) is 48.0 Å². The van der Waals surface area contributed by atoms with E-state index in [1.807, 2.05) is 0 Å². The summed E-state index contributed by atoms with van der Waals surface area (Å²) >= 11 is 0. The molecular formula is C18H24N2. The molecule has 2 heteroatoms. The molecule has 2 aromatic carbocycles. The van der Waals surface area contributed by atoms with E-state index in [2.05, 4.69) is 53.1 Å². The minimum atomic E-state index is 0.816. The second-order valence-electron chi connectivity index (χ2n) is 5.80. The fraction of sp³-hybridized carbons (Fsp3) is 0.444. The first kappa shape index (κ1) is 13.6. The Bertz CT molecular complexity index is 539. The minimum Gasteiger partial charge on any atom is -0.316 e. The van der Waals surface area contributed by atoms with Crippen LogP contribution in [-0.4, -0.2) is 26.2 Å². The zero-order chi connectivity index (χ0) is 13.6. The van der Waals surface area contributed by atoms with Crippen LogP contribution in [0.5, 0.6) is 0 Å². The van der Waals surface area contributed by atoms with Gasteiger partial charge in [0.2, 0.25) is 0 Å². The van der Waals surface area contributed by atoms with Crippen LogP contribution in [0.3, 0.4) is 0 Å². The summed E-state index contributed by atoms with van der Waals surface area (Å²) in [6.45, 7) is 4.61. The summed E-state index contributed by atoms with van der Waals surface area (Å²) in [6, 6.07) is 15.3. The van der Waals surface area contributed by atoms with Gasteiger partial charge in [0.05, 0.1) is 0 Å². The Balaban J connectivity index is 1.52. The molecule has 2 aromatic rings. The van der Waals surface area contributed by atoms with E-state index in [0.717, 1.165) is 25.4 Å². The molecule has 0 radical (unpaired) electrons. The number of fused-ring (bicyclic) bond motifs is 1. The molecular weight excluding hydrogens is 244 g/mol. The van der Waals surface area contributed by atoms with Crippen LogP contribution < -0.4 is 10.6 Å². The largest absolute Gasteiger partial charge is 0.316 e. The van der Waals surface area contributed by atoms with E-state index < -0.39 is 0 Å². The Morgan fingerprint density at radius 3 is 2.90 bits per heavy atom. The van der Waals surface area contributed by atoms with Crippen molar-refractivity contribution in [3.63, 3.8) is 0 Å². The zero-order valence-electron chi connectivity index (χ0n) is 12.1. The van der Waals surface area contributed by atoms with Gasteiger partial charge in [-0.1, -0.05) is 42.5 Å². The number of nitrogens with one attached hydrogen (secondary N) is 2. The first-order valence-electron chi connectivity index (χ1n) is 7.81. The van der Waals surface area contributed by atoms with Crippen molar-refractivity contribution in [3.8, 4) is 0 Å². The van der Waals surface area contributed by atoms with E-state index in [1.165, 1.54) is 42.3 Å². The van der Waals surface area contributed by atoms with Crippen molar-refractivity contribution >= 4 is 10.8 Å². The Morgan fingerprint density at radius 1 is 1.10 bits per heavy atom. The van der Waals surface area contributed by atoms with Gasteiger partial charge in [-0.3, -0.25) is 0 Å². The normalized spacial score (nSPS) is 19.3. The van der Waals surface area contributed by atoms with Gasteiger partial charge in [-0.05, 0) is 67.7 Å². The van der Waals surface area contributed by atoms with Gasteiger partial charge in [-0.15, -0.1) is 0 Å². The molecule has 0 saturated carbocycles. The highest BCUT2D eigenvalue weighted by atomic mass is 14.9. The Morgan fingerprint density at radius 2 is 2.00 bits per heavy atom. The Hall–Kier alpha value is -1.38. The van der Waals surface area contributed by atoms with E-state index in [-0.39, 0.29) is 0 Å².